The zero-order chi connectivity index (χ0) is 19.7. The molecule has 144 valence electrons. The first-order chi connectivity index (χ1) is 13.5. The van der Waals surface area contributed by atoms with E-state index in [-0.39, 0.29) is 17.9 Å². The highest BCUT2D eigenvalue weighted by Gasteiger charge is 2.36. The van der Waals surface area contributed by atoms with Crippen LogP contribution in [0, 0.1) is 0 Å². The van der Waals surface area contributed by atoms with E-state index in [1.807, 2.05) is 38.1 Å². The zero-order valence-corrected chi connectivity index (χ0v) is 16.4. The third-order valence-corrected chi connectivity index (χ3v) is 4.75. The van der Waals surface area contributed by atoms with Crippen LogP contribution < -0.4 is 4.74 Å². The van der Waals surface area contributed by atoms with Gasteiger partial charge in [0, 0.05) is 29.2 Å². The molecule has 7 heteroatoms. The van der Waals surface area contributed by atoms with Crippen LogP contribution in [0.4, 0.5) is 0 Å². The number of likely N-dealkylation sites (tertiary alicyclic amines) is 1. The molecule has 1 aliphatic heterocycles. The average molecular weight is 398 g/mol. The lowest BCUT2D eigenvalue weighted by atomic mass is 9.98. The van der Waals surface area contributed by atoms with E-state index in [1.54, 1.807) is 29.2 Å². The Morgan fingerprint density at radius 2 is 1.96 bits per heavy atom. The summed E-state index contributed by atoms with van der Waals surface area (Å²) in [6, 6.07) is 14.5. The minimum absolute atomic E-state index is 0.0121. The molecule has 4 rings (SSSR count). The van der Waals surface area contributed by atoms with Gasteiger partial charge in [-0.1, -0.05) is 28.9 Å². The Morgan fingerprint density at radius 1 is 1.21 bits per heavy atom. The summed E-state index contributed by atoms with van der Waals surface area (Å²) in [5.74, 6) is 1.84. The maximum atomic E-state index is 12.6. The Morgan fingerprint density at radius 3 is 2.64 bits per heavy atom. The molecule has 0 aliphatic carbocycles. The largest absolute Gasteiger partial charge is 0.491 e. The second-order valence-corrected chi connectivity index (χ2v) is 7.50. The Labute approximate surface area is 168 Å². The molecule has 1 aromatic heterocycles. The molecule has 0 saturated carbocycles. The molecular formula is C21H20ClN3O3. The number of hydrogen-bond acceptors (Lipinski definition) is 5. The summed E-state index contributed by atoms with van der Waals surface area (Å²) in [6.07, 6.45) is 0.101. The fourth-order valence-corrected chi connectivity index (χ4v) is 3.27. The third-order valence-electron chi connectivity index (χ3n) is 4.52. The molecular weight excluding hydrogens is 378 g/mol. The number of carbonyl (C=O) groups is 1. The van der Waals surface area contributed by atoms with E-state index in [9.17, 15) is 4.79 Å². The first-order valence-corrected chi connectivity index (χ1v) is 9.53. The highest BCUT2D eigenvalue weighted by molar-refractivity contribution is 6.30. The van der Waals surface area contributed by atoms with Gasteiger partial charge in [-0.15, -0.1) is 0 Å². The molecule has 0 atom stereocenters. The van der Waals surface area contributed by atoms with Crippen molar-refractivity contribution in [2.24, 2.45) is 0 Å². The van der Waals surface area contributed by atoms with Crippen LogP contribution in [0.5, 0.6) is 5.75 Å². The topological polar surface area (TPSA) is 68.5 Å². The average Bonchev–Trinajstić information content (AvgIpc) is 3.10. The van der Waals surface area contributed by atoms with Gasteiger partial charge in [-0.05, 0) is 50.2 Å². The fraction of sp³-hybridized carbons (Fsp3) is 0.286. The highest BCUT2D eigenvalue weighted by Crippen LogP contribution is 2.29. The predicted octanol–water partition coefficient (Wildman–Crippen LogP) is 4.42. The van der Waals surface area contributed by atoms with Crippen molar-refractivity contribution in [3.8, 4) is 17.1 Å². The van der Waals surface area contributed by atoms with E-state index in [4.69, 9.17) is 20.9 Å². The second-order valence-electron chi connectivity index (χ2n) is 7.06. The molecule has 0 bridgehead atoms. The van der Waals surface area contributed by atoms with Crippen molar-refractivity contribution in [3.63, 3.8) is 0 Å². The van der Waals surface area contributed by atoms with Gasteiger partial charge in [-0.25, -0.2) is 0 Å². The van der Waals surface area contributed by atoms with Gasteiger partial charge in [0.15, 0.2) is 0 Å². The molecule has 0 spiro atoms. The lowest BCUT2D eigenvalue weighted by Gasteiger charge is -2.37. The molecule has 28 heavy (non-hydrogen) atoms. The fourth-order valence-electron chi connectivity index (χ4n) is 3.08. The van der Waals surface area contributed by atoms with Gasteiger partial charge in [0.2, 0.25) is 11.7 Å². The molecule has 2 heterocycles. The number of aromatic nitrogens is 2. The van der Waals surface area contributed by atoms with Crippen LogP contribution in [-0.4, -0.2) is 40.1 Å². The van der Waals surface area contributed by atoms with Gasteiger partial charge in [-0.2, -0.15) is 4.98 Å². The van der Waals surface area contributed by atoms with Crippen molar-refractivity contribution in [3.05, 3.63) is 65.0 Å². The van der Waals surface area contributed by atoms with Crippen LogP contribution in [0.1, 0.15) is 36.0 Å². The maximum Gasteiger partial charge on any atom is 0.253 e. The molecule has 3 aromatic rings. The Kier molecular flexibility index (Phi) is 5.05. The van der Waals surface area contributed by atoms with Crippen molar-refractivity contribution >= 4 is 17.5 Å². The second kappa shape index (κ2) is 7.64. The first-order valence-electron chi connectivity index (χ1n) is 9.15. The molecule has 0 unspecified atom stereocenters. The smallest absolute Gasteiger partial charge is 0.253 e. The van der Waals surface area contributed by atoms with Gasteiger partial charge in [-0.3, -0.25) is 4.79 Å². The molecule has 1 fully saturated rings. The lowest BCUT2D eigenvalue weighted by Crippen LogP contribution is -2.48. The van der Waals surface area contributed by atoms with Crippen molar-refractivity contribution in [1.29, 1.82) is 0 Å². The molecule has 6 nitrogen and oxygen atoms in total. The minimum Gasteiger partial charge on any atom is -0.491 e. The molecule has 1 amide bonds. The summed E-state index contributed by atoms with van der Waals surface area (Å²) in [5, 5.41) is 4.65. The molecule has 0 radical (unpaired) electrons. The molecule has 0 N–H and O–H groups in total. The van der Waals surface area contributed by atoms with Crippen LogP contribution in [-0.2, 0) is 0 Å². The van der Waals surface area contributed by atoms with E-state index < -0.39 is 0 Å². The van der Waals surface area contributed by atoms with Crippen LogP contribution >= 0.6 is 11.6 Å². The SMILES string of the molecule is CC(C)Oc1ccc(C(=O)N2CC(c3nc(-c4cccc(Cl)c4)no3)C2)cc1. The predicted molar refractivity (Wildman–Crippen MR) is 106 cm³/mol. The van der Waals surface area contributed by atoms with Crippen molar-refractivity contribution < 1.29 is 14.1 Å². The Hall–Kier alpha value is -2.86. The van der Waals surface area contributed by atoms with Crippen LogP contribution in [0.15, 0.2) is 53.1 Å². The number of amides is 1. The minimum atomic E-state index is -0.0121. The summed E-state index contributed by atoms with van der Waals surface area (Å²) in [5.41, 5.74) is 1.44. The summed E-state index contributed by atoms with van der Waals surface area (Å²) >= 11 is 6.01. The van der Waals surface area contributed by atoms with Gasteiger partial charge < -0.3 is 14.2 Å². The highest BCUT2D eigenvalue weighted by atomic mass is 35.5. The van der Waals surface area contributed by atoms with Gasteiger partial charge >= 0.3 is 0 Å². The monoisotopic (exact) mass is 397 g/mol. The Balaban J connectivity index is 1.37. The Bertz CT molecular complexity index is 979. The molecule has 2 aromatic carbocycles. The standard InChI is InChI=1S/C21H20ClN3O3/c1-13(2)27-18-8-6-14(7-9-18)21(26)25-11-16(12-25)20-23-19(24-28-20)15-4-3-5-17(22)10-15/h3-10,13,16H,11-12H2,1-2H3. The van der Waals surface area contributed by atoms with E-state index in [0.29, 0.717) is 35.4 Å². The molecule has 1 saturated heterocycles. The van der Waals surface area contributed by atoms with Crippen LogP contribution in [0.25, 0.3) is 11.4 Å². The van der Waals surface area contributed by atoms with E-state index in [1.165, 1.54) is 0 Å². The van der Waals surface area contributed by atoms with Gasteiger partial charge in [0.25, 0.3) is 5.91 Å². The van der Waals surface area contributed by atoms with Gasteiger partial charge in [0.05, 0.1) is 12.0 Å². The summed E-state index contributed by atoms with van der Waals surface area (Å²) in [7, 11) is 0. The number of rotatable bonds is 5. The summed E-state index contributed by atoms with van der Waals surface area (Å²) in [4.78, 5) is 18.8. The van der Waals surface area contributed by atoms with E-state index in [2.05, 4.69) is 10.1 Å². The van der Waals surface area contributed by atoms with Crippen molar-refractivity contribution in [2.45, 2.75) is 25.9 Å². The van der Waals surface area contributed by atoms with E-state index >= 15 is 0 Å². The number of halogens is 1. The number of carbonyl (C=O) groups excluding carboxylic acids is 1. The zero-order valence-electron chi connectivity index (χ0n) is 15.6. The lowest BCUT2D eigenvalue weighted by molar-refractivity contribution is 0.0569. The maximum absolute atomic E-state index is 12.6. The van der Waals surface area contributed by atoms with Crippen LogP contribution in [0.2, 0.25) is 5.02 Å². The van der Waals surface area contributed by atoms with E-state index in [0.717, 1.165) is 11.3 Å². The van der Waals surface area contributed by atoms with Crippen LogP contribution in [0.3, 0.4) is 0 Å². The molecule has 1 aliphatic rings. The number of benzene rings is 2. The van der Waals surface area contributed by atoms with Crippen molar-refractivity contribution in [2.75, 3.05) is 13.1 Å². The van der Waals surface area contributed by atoms with Crippen molar-refractivity contribution in [1.82, 2.24) is 15.0 Å². The van der Waals surface area contributed by atoms with Gasteiger partial charge in [0.1, 0.15) is 5.75 Å². The quantitative estimate of drug-likeness (QED) is 0.637. The summed E-state index contributed by atoms with van der Waals surface area (Å²) < 4.78 is 11.0. The first kappa shape index (κ1) is 18.5. The normalized spacial score (nSPS) is 14.2. The summed E-state index contributed by atoms with van der Waals surface area (Å²) in [6.45, 7) is 5.05. The number of ether oxygens (including phenoxy) is 1. The third kappa shape index (κ3) is 3.87. The number of nitrogens with zero attached hydrogens (tertiary/aromatic N) is 3. The number of hydrogen-bond donors (Lipinski definition) is 0.